The summed E-state index contributed by atoms with van der Waals surface area (Å²) in [6, 6.07) is 5.51. The Morgan fingerprint density at radius 2 is 1.38 bits per heavy atom. The molecule has 0 unspecified atom stereocenters. The highest BCUT2D eigenvalue weighted by molar-refractivity contribution is 8.00. The summed E-state index contributed by atoms with van der Waals surface area (Å²) in [7, 11) is 0. The summed E-state index contributed by atoms with van der Waals surface area (Å²) >= 11 is -1.17. The Kier molecular flexibility index (Phi) is 6.68. The van der Waals surface area contributed by atoms with Gasteiger partial charge in [0.1, 0.15) is 0 Å². The van der Waals surface area contributed by atoms with Crippen molar-refractivity contribution in [2.24, 2.45) is 0 Å². The Labute approximate surface area is 176 Å². The number of halogens is 7. The highest BCUT2D eigenvalue weighted by Gasteiger charge is 2.73. The van der Waals surface area contributed by atoms with Crippen LogP contribution in [0.3, 0.4) is 0 Å². The monoisotopic (exact) mass is 487 g/mol. The molecule has 1 N–H and O–H groups in total. The number of hydrogen-bond acceptors (Lipinski definition) is 6. The maximum atomic E-state index is 13.7. The summed E-state index contributed by atoms with van der Waals surface area (Å²) in [6.45, 7) is 0. The van der Waals surface area contributed by atoms with Gasteiger partial charge in [-0.3, -0.25) is 25.0 Å². The third-order valence-electron chi connectivity index (χ3n) is 3.68. The third-order valence-corrected chi connectivity index (χ3v) is 4.77. The molecule has 0 fully saturated rings. The van der Waals surface area contributed by atoms with Gasteiger partial charge in [0.15, 0.2) is 0 Å². The second-order valence-electron chi connectivity index (χ2n) is 5.89. The number of amides is 1. The van der Waals surface area contributed by atoms with Crippen LogP contribution >= 0.6 is 11.8 Å². The molecular weight excluding hydrogens is 479 g/mol. The first kappa shape index (κ1) is 24.8. The van der Waals surface area contributed by atoms with Crippen LogP contribution in [0.15, 0.2) is 47.4 Å². The van der Waals surface area contributed by atoms with Gasteiger partial charge in [0.2, 0.25) is 0 Å². The predicted molar refractivity (Wildman–Crippen MR) is 96.0 cm³/mol. The number of anilines is 1. The number of carbonyl (C=O) groups excluding carboxylic acids is 1. The molecule has 1 amide bonds. The molecular formula is C16H8F7N3O5S. The van der Waals surface area contributed by atoms with Crippen LogP contribution in [0.25, 0.3) is 0 Å². The average Bonchev–Trinajstić information content (AvgIpc) is 2.67. The van der Waals surface area contributed by atoms with Crippen molar-refractivity contribution in [1.82, 2.24) is 0 Å². The molecule has 32 heavy (non-hydrogen) atoms. The highest BCUT2D eigenvalue weighted by Crippen LogP contribution is 2.54. The molecule has 0 bridgehead atoms. The molecule has 0 atom stereocenters. The lowest BCUT2D eigenvalue weighted by Crippen LogP contribution is -2.49. The van der Waals surface area contributed by atoms with E-state index in [-0.39, 0.29) is 0 Å². The van der Waals surface area contributed by atoms with Crippen LogP contribution in [0.4, 0.5) is 47.8 Å². The molecule has 0 spiro atoms. The van der Waals surface area contributed by atoms with Gasteiger partial charge in [0, 0.05) is 17.0 Å². The summed E-state index contributed by atoms with van der Waals surface area (Å²) in [5, 5.41) is 18.0. The van der Waals surface area contributed by atoms with Crippen LogP contribution in [0.2, 0.25) is 0 Å². The van der Waals surface area contributed by atoms with Gasteiger partial charge in [0.25, 0.3) is 17.3 Å². The largest absolute Gasteiger partial charge is 0.460 e. The Balaban J connectivity index is 2.40. The normalized spacial score (nSPS) is 12.3. The van der Waals surface area contributed by atoms with Crippen molar-refractivity contribution < 1.29 is 45.4 Å². The Hall–Kier alpha value is -3.43. The maximum Gasteiger partial charge on any atom is 0.460 e. The third kappa shape index (κ3) is 5.06. The van der Waals surface area contributed by atoms with E-state index in [1.165, 1.54) is 0 Å². The molecule has 2 aromatic carbocycles. The van der Waals surface area contributed by atoms with Crippen molar-refractivity contribution in [2.45, 2.75) is 22.2 Å². The number of rotatable bonds is 7. The van der Waals surface area contributed by atoms with Crippen molar-refractivity contribution in [3.63, 3.8) is 0 Å². The maximum absolute atomic E-state index is 13.7. The van der Waals surface area contributed by atoms with E-state index in [1.807, 2.05) is 5.32 Å². The number of nitro groups is 2. The minimum absolute atomic E-state index is 0.542. The molecule has 8 nitrogen and oxygen atoms in total. The zero-order chi connectivity index (χ0) is 24.5. The molecule has 2 aromatic rings. The zero-order valence-corrected chi connectivity index (χ0v) is 15.8. The van der Waals surface area contributed by atoms with E-state index in [1.54, 1.807) is 0 Å². The van der Waals surface area contributed by atoms with Crippen molar-refractivity contribution in [3.8, 4) is 0 Å². The molecule has 172 valence electrons. The predicted octanol–water partition coefficient (Wildman–Crippen LogP) is 5.64. The number of para-hydroxylation sites is 1. The van der Waals surface area contributed by atoms with Gasteiger partial charge in [-0.2, -0.15) is 30.7 Å². The quantitative estimate of drug-likeness (QED) is 0.234. The molecule has 0 saturated heterocycles. The first-order valence-electron chi connectivity index (χ1n) is 7.92. The summed E-state index contributed by atoms with van der Waals surface area (Å²) in [5.74, 6) is -7.72. The van der Waals surface area contributed by atoms with E-state index >= 15 is 0 Å². The fourth-order valence-electron chi connectivity index (χ4n) is 2.16. The highest BCUT2D eigenvalue weighted by atomic mass is 32.2. The van der Waals surface area contributed by atoms with Gasteiger partial charge in [-0.25, -0.2) is 0 Å². The first-order valence-corrected chi connectivity index (χ1v) is 8.74. The van der Waals surface area contributed by atoms with E-state index < -0.39 is 72.4 Å². The van der Waals surface area contributed by atoms with Crippen molar-refractivity contribution in [2.75, 3.05) is 5.32 Å². The van der Waals surface area contributed by atoms with Crippen LogP contribution in [-0.2, 0) is 0 Å². The number of benzene rings is 2. The van der Waals surface area contributed by atoms with Crippen LogP contribution in [0.5, 0.6) is 0 Å². The van der Waals surface area contributed by atoms with E-state index in [9.17, 15) is 55.8 Å². The topological polar surface area (TPSA) is 115 Å². The van der Waals surface area contributed by atoms with Crippen molar-refractivity contribution in [1.29, 1.82) is 0 Å². The van der Waals surface area contributed by atoms with Gasteiger partial charge in [-0.15, -0.1) is 0 Å². The zero-order valence-electron chi connectivity index (χ0n) is 15.0. The van der Waals surface area contributed by atoms with E-state index in [0.29, 0.717) is 18.2 Å². The van der Waals surface area contributed by atoms with Crippen LogP contribution in [0, 0.1) is 20.2 Å². The lowest BCUT2D eigenvalue weighted by atomic mass is 10.1. The fraction of sp³-hybridized carbons (Fsp3) is 0.188. The first-order chi connectivity index (χ1) is 14.6. The Morgan fingerprint density at radius 3 is 1.84 bits per heavy atom. The summed E-state index contributed by atoms with van der Waals surface area (Å²) in [4.78, 5) is 31.2. The van der Waals surface area contributed by atoms with Crippen LogP contribution in [0.1, 0.15) is 10.4 Å². The van der Waals surface area contributed by atoms with Crippen LogP contribution in [-0.4, -0.2) is 33.1 Å². The summed E-state index contributed by atoms with van der Waals surface area (Å²) in [6.07, 6.45) is -6.57. The number of nitro benzene ring substituents is 2. The van der Waals surface area contributed by atoms with Crippen molar-refractivity contribution >= 4 is 34.7 Å². The number of hydrogen-bond donors (Lipinski definition) is 1. The molecule has 0 aliphatic heterocycles. The number of carbonyl (C=O) groups is 1. The molecule has 0 aromatic heterocycles. The lowest BCUT2D eigenvalue weighted by molar-refractivity contribution is -0.394. The van der Waals surface area contributed by atoms with E-state index in [2.05, 4.69) is 0 Å². The van der Waals surface area contributed by atoms with Crippen molar-refractivity contribution in [3.05, 3.63) is 68.3 Å². The summed E-state index contributed by atoms with van der Waals surface area (Å²) in [5.41, 5.74) is -3.03. The minimum atomic E-state index is -6.57. The standard InChI is InChI=1S/C16H8F7N3O5S/c17-14(18,15(19,20)21)16(22,23)32-12-4-2-1-3-11(12)24-13(27)8-5-9(25(28)29)7-10(6-8)26(30)31/h1-7H,(H,24,27). The van der Waals surface area contributed by atoms with Crippen LogP contribution < -0.4 is 5.32 Å². The lowest BCUT2D eigenvalue weighted by Gasteiger charge is -2.28. The Bertz CT molecular complexity index is 1050. The summed E-state index contributed by atoms with van der Waals surface area (Å²) < 4.78 is 90.9. The average molecular weight is 487 g/mol. The fourth-order valence-corrected chi connectivity index (χ4v) is 3.05. The molecule has 0 heterocycles. The molecule has 16 heteroatoms. The molecule has 0 aliphatic carbocycles. The van der Waals surface area contributed by atoms with Gasteiger partial charge >= 0.3 is 17.4 Å². The van der Waals surface area contributed by atoms with Gasteiger partial charge < -0.3 is 5.32 Å². The number of non-ortho nitro benzene ring substituents is 2. The molecule has 0 saturated carbocycles. The number of thioether (sulfide) groups is 1. The van der Waals surface area contributed by atoms with Gasteiger partial charge in [-0.05, 0) is 23.9 Å². The smallest absolute Gasteiger partial charge is 0.321 e. The number of nitrogens with zero attached hydrogens (tertiary/aromatic N) is 2. The minimum Gasteiger partial charge on any atom is -0.321 e. The second-order valence-corrected chi connectivity index (χ2v) is 7.05. The number of alkyl halides is 7. The van der Waals surface area contributed by atoms with E-state index in [0.717, 1.165) is 24.3 Å². The second kappa shape index (κ2) is 8.60. The van der Waals surface area contributed by atoms with Gasteiger partial charge in [-0.1, -0.05) is 12.1 Å². The molecule has 2 rings (SSSR count). The Morgan fingerprint density at radius 1 is 0.875 bits per heavy atom. The molecule has 0 aliphatic rings. The number of nitrogens with one attached hydrogen (secondary N) is 1. The SMILES string of the molecule is O=C(Nc1ccccc1SC(F)(F)C(F)(F)C(F)(F)F)c1cc([N+](=O)[O-])cc([N+](=O)[O-])c1. The van der Waals surface area contributed by atoms with E-state index in [4.69, 9.17) is 0 Å². The molecule has 0 radical (unpaired) electrons. The van der Waals surface area contributed by atoms with Gasteiger partial charge in [0.05, 0.1) is 27.2 Å².